The predicted octanol–water partition coefficient (Wildman–Crippen LogP) is 4.71. The molecular weight excluding hydrogens is 300 g/mol. The van der Waals surface area contributed by atoms with Gasteiger partial charge in [-0.15, -0.1) is 0 Å². The summed E-state index contributed by atoms with van der Waals surface area (Å²) in [4.78, 5) is 11.6. The number of hydrogen-bond donors (Lipinski definition) is 1. The molecule has 1 fully saturated rings. The first-order valence-corrected chi connectivity index (χ1v) is 8.52. The summed E-state index contributed by atoms with van der Waals surface area (Å²) in [5.41, 5.74) is 2.26. The lowest BCUT2D eigenvalue weighted by atomic mass is 9.94. The zero-order chi connectivity index (χ0) is 16.8. The van der Waals surface area contributed by atoms with E-state index >= 15 is 0 Å². The third-order valence-electron chi connectivity index (χ3n) is 4.48. The minimum atomic E-state index is -0.270. The number of hydrogen-bond acceptors (Lipinski definition) is 3. The van der Waals surface area contributed by atoms with Crippen LogP contribution in [0.3, 0.4) is 0 Å². The van der Waals surface area contributed by atoms with Crippen molar-refractivity contribution in [3.05, 3.63) is 81.9 Å². The van der Waals surface area contributed by atoms with Gasteiger partial charge in [0.15, 0.2) is 0 Å². The molecule has 0 bridgehead atoms. The fraction of sp³-hybridized carbons (Fsp3) is 0.300. The van der Waals surface area contributed by atoms with Crippen LogP contribution in [0.4, 0.5) is 0 Å². The maximum absolute atomic E-state index is 11.9. The normalized spacial score (nSPS) is 16.3. The van der Waals surface area contributed by atoms with Crippen LogP contribution in [0.2, 0.25) is 0 Å². The molecule has 4 nitrogen and oxygen atoms in total. The van der Waals surface area contributed by atoms with Crippen molar-refractivity contribution in [1.29, 1.82) is 0 Å². The fourth-order valence-corrected chi connectivity index (χ4v) is 3.28. The van der Waals surface area contributed by atoms with Crippen molar-refractivity contribution in [2.75, 3.05) is 0 Å². The molecule has 0 heterocycles. The largest absolute Gasteiger partial charge is 0.376 e. The lowest BCUT2D eigenvalue weighted by Gasteiger charge is -2.25. The minimum absolute atomic E-state index is 0.146. The van der Waals surface area contributed by atoms with Gasteiger partial charge in [-0.05, 0) is 25.0 Å². The van der Waals surface area contributed by atoms with Crippen LogP contribution >= 0.6 is 0 Å². The Morgan fingerprint density at radius 2 is 1.42 bits per heavy atom. The van der Waals surface area contributed by atoms with E-state index < -0.39 is 0 Å². The molecule has 0 saturated heterocycles. The first kappa shape index (κ1) is 16.2. The topological polar surface area (TPSA) is 55.2 Å². The second kappa shape index (κ2) is 7.77. The van der Waals surface area contributed by atoms with Crippen LogP contribution in [0.25, 0.3) is 11.4 Å². The maximum atomic E-state index is 11.9. The van der Waals surface area contributed by atoms with E-state index in [4.69, 9.17) is 0 Å². The molecule has 2 aromatic rings. The molecule has 1 aliphatic rings. The van der Waals surface area contributed by atoms with E-state index in [1.165, 1.54) is 19.3 Å². The van der Waals surface area contributed by atoms with Gasteiger partial charge in [0.2, 0.25) is 0 Å². The first-order chi connectivity index (χ1) is 11.8. The Kier molecular flexibility index (Phi) is 5.26. The number of nitro groups is 1. The molecule has 0 radical (unpaired) electrons. The summed E-state index contributed by atoms with van der Waals surface area (Å²) in [6.45, 7) is 0. The van der Waals surface area contributed by atoms with E-state index in [9.17, 15) is 10.1 Å². The van der Waals surface area contributed by atoms with Gasteiger partial charge in [0.1, 0.15) is 5.70 Å². The highest BCUT2D eigenvalue weighted by atomic mass is 16.6. The SMILES string of the molecule is O=[N+]([O-])C(=C(NC1CCCCC1)c1ccccc1)c1ccccc1. The molecule has 4 heteroatoms. The fourth-order valence-electron chi connectivity index (χ4n) is 3.28. The second-order valence-electron chi connectivity index (χ2n) is 6.19. The summed E-state index contributed by atoms with van der Waals surface area (Å²) in [5, 5.41) is 15.4. The van der Waals surface area contributed by atoms with Gasteiger partial charge in [-0.2, -0.15) is 0 Å². The zero-order valence-electron chi connectivity index (χ0n) is 13.7. The molecule has 124 valence electrons. The van der Waals surface area contributed by atoms with Gasteiger partial charge >= 0.3 is 0 Å². The van der Waals surface area contributed by atoms with Gasteiger partial charge in [-0.1, -0.05) is 67.8 Å². The molecular formula is C20H22N2O2. The second-order valence-corrected chi connectivity index (χ2v) is 6.19. The Morgan fingerprint density at radius 3 is 1.96 bits per heavy atom. The third kappa shape index (κ3) is 3.82. The average molecular weight is 322 g/mol. The van der Waals surface area contributed by atoms with Crippen molar-refractivity contribution in [2.24, 2.45) is 0 Å². The summed E-state index contributed by atoms with van der Waals surface area (Å²) in [6, 6.07) is 19.1. The van der Waals surface area contributed by atoms with Crippen LogP contribution in [0, 0.1) is 10.1 Å². The number of benzene rings is 2. The molecule has 0 spiro atoms. The van der Waals surface area contributed by atoms with E-state index in [0.29, 0.717) is 17.3 Å². The van der Waals surface area contributed by atoms with Gasteiger partial charge < -0.3 is 5.32 Å². The van der Waals surface area contributed by atoms with Gasteiger partial charge in [0.05, 0.1) is 10.5 Å². The Labute approximate surface area is 142 Å². The van der Waals surface area contributed by atoms with Gasteiger partial charge in [-0.25, -0.2) is 0 Å². The van der Waals surface area contributed by atoms with Crippen molar-refractivity contribution in [2.45, 2.75) is 38.1 Å². The summed E-state index contributed by atoms with van der Waals surface area (Å²) in [6.07, 6.45) is 5.74. The van der Waals surface area contributed by atoms with Crippen molar-refractivity contribution >= 4 is 11.4 Å². The Hall–Kier alpha value is -2.62. The molecule has 0 amide bonds. The highest BCUT2D eigenvalue weighted by Crippen LogP contribution is 2.28. The smallest absolute Gasteiger partial charge is 0.300 e. The molecule has 0 aromatic heterocycles. The minimum Gasteiger partial charge on any atom is -0.376 e. The number of nitrogens with zero attached hydrogens (tertiary/aromatic N) is 1. The van der Waals surface area contributed by atoms with Crippen molar-refractivity contribution in [3.8, 4) is 0 Å². The summed E-state index contributed by atoms with van der Waals surface area (Å²) in [7, 11) is 0. The first-order valence-electron chi connectivity index (χ1n) is 8.52. The lowest BCUT2D eigenvalue weighted by Crippen LogP contribution is -2.31. The summed E-state index contributed by atoms with van der Waals surface area (Å²) < 4.78 is 0. The van der Waals surface area contributed by atoms with E-state index in [-0.39, 0.29) is 10.6 Å². The lowest BCUT2D eigenvalue weighted by molar-refractivity contribution is -0.374. The average Bonchev–Trinajstić information content (AvgIpc) is 2.63. The Morgan fingerprint density at radius 1 is 0.875 bits per heavy atom. The molecule has 0 atom stereocenters. The monoisotopic (exact) mass is 322 g/mol. The van der Waals surface area contributed by atoms with Crippen LogP contribution in [0.15, 0.2) is 60.7 Å². The van der Waals surface area contributed by atoms with Crippen molar-refractivity contribution in [3.63, 3.8) is 0 Å². The van der Waals surface area contributed by atoms with Crippen LogP contribution < -0.4 is 5.32 Å². The highest BCUT2D eigenvalue weighted by molar-refractivity contribution is 5.85. The molecule has 24 heavy (non-hydrogen) atoms. The zero-order valence-corrected chi connectivity index (χ0v) is 13.7. The van der Waals surface area contributed by atoms with E-state index in [0.717, 1.165) is 18.4 Å². The molecule has 0 unspecified atom stereocenters. The molecule has 1 N–H and O–H groups in total. The molecule has 0 aliphatic heterocycles. The van der Waals surface area contributed by atoms with E-state index in [2.05, 4.69) is 5.32 Å². The van der Waals surface area contributed by atoms with Gasteiger partial charge in [-0.3, -0.25) is 10.1 Å². The highest BCUT2D eigenvalue weighted by Gasteiger charge is 2.25. The van der Waals surface area contributed by atoms with Crippen LogP contribution in [0.5, 0.6) is 0 Å². The molecule has 1 saturated carbocycles. The van der Waals surface area contributed by atoms with Gasteiger partial charge in [0, 0.05) is 11.6 Å². The molecule has 2 aromatic carbocycles. The predicted molar refractivity (Wildman–Crippen MR) is 96.7 cm³/mol. The quantitative estimate of drug-likeness (QED) is 0.492. The standard InChI is InChI=1S/C20H22N2O2/c23-22(24)20(17-12-6-2-7-13-17)19(16-10-4-1-5-11-16)21-18-14-8-3-9-15-18/h1-2,4-7,10-13,18,21H,3,8-9,14-15H2. The maximum Gasteiger partial charge on any atom is 0.300 e. The van der Waals surface area contributed by atoms with Crippen molar-refractivity contribution < 1.29 is 4.92 Å². The van der Waals surface area contributed by atoms with Crippen LogP contribution in [0.1, 0.15) is 43.2 Å². The number of rotatable bonds is 5. The van der Waals surface area contributed by atoms with Crippen LogP contribution in [-0.2, 0) is 0 Å². The molecule has 1 aliphatic carbocycles. The van der Waals surface area contributed by atoms with Crippen LogP contribution in [-0.4, -0.2) is 11.0 Å². The van der Waals surface area contributed by atoms with Crippen molar-refractivity contribution in [1.82, 2.24) is 5.32 Å². The third-order valence-corrected chi connectivity index (χ3v) is 4.48. The van der Waals surface area contributed by atoms with E-state index in [1.54, 1.807) is 12.1 Å². The molecule has 3 rings (SSSR count). The Bertz CT molecular complexity index is 705. The summed E-state index contributed by atoms with van der Waals surface area (Å²) in [5.74, 6) is 0. The summed E-state index contributed by atoms with van der Waals surface area (Å²) >= 11 is 0. The van der Waals surface area contributed by atoms with E-state index in [1.807, 2.05) is 48.5 Å². The Balaban J connectivity index is 2.08. The van der Waals surface area contributed by atoms with Gasteiger partial charge in [0.25, 0.3) is 5.70 Å². The number of nitrogens with one attached hydrogen (secondary N) is 1.